The van der Waals surface area contributed by atoms with E-state index >= 15 is 0 Å². The number of hydrogen-bond acceptors (Lipinski definition) is 1. The first-order valence-electron chi connectivity index (χ1n) is 2.82. The van der Waals surface area contributed by atoms with E-state index in [-0.39, 0.29) is 5.56 Å². The lowest BCUT2D eigenvalue weighted by Gasteiger charge is -1.93. The Bertz CT molecular complexity index is 305. The normalized spacial score (nSPS) is 14.2. The van der Waals surface area contributed by atoms with Crippen LogP contribution in [0.5, 0.6) is 0 Å². The first-order valence-corrected chi connectivity index (χ1v) is 2.82. The van der Waals surface area contributed by atoms with Crippen LogP contribution in [0.1, 0.15) is 0 Å². The fourth-order valence-electron chi connectivity index (χ4n) is 0.987. The van der Waals surface area contributed by atoms with E-state index in [4.69, 9.17) is 0 Å². The van der Waals surface area contributed by atoms with Crippen LogP contribution >= 0.6 is 0 Å². The van der Waals surface area contributed by atoms with Crippen molar-refractivity contribution in [3.63, 3.8) is 0 Å². The Hall–Kier alpha value is -1.25. The first kappa shape index (κ1) is 4.61. The van der Waals surface area contributed by atoms with Gasteiger partial charge < -0.3 is 0 Å². The maximum absolute atomic E-state index is 10.8. The van der Waals surface area contributed by atoms with Crippen molar-refractivity contribution < 1.29 is 0 Å². The van der Waals surface area contributed by atoms with E-state index in [9.17, 15) is 4.79 Å². The third kappa shape index (κ3) is 0.483. The zero-order chi connectivity index (χ0) is 6.27. The average Bonchev–Trinajstić information content (AvgIpc) is 2.35. The van der Waals surface area contributed by atoms with Crippen molar-refractivity contribution in [1.82, 2.24) is 9.36 Å². The summed E-state index contributed by atoms with van der Waals surface area (Å²) < 4.78 is 3.43. The van der Waals surface area contributed by atoms with Crippen molar-refractivity contribution >= 4 is 6.20 Å². The molecule has 0 unspecified atom stereocenters. The van der Waals surface area contributed by atoms with Gasteiger partial charge >= 0.3 is 0 Å². The molecular weight excluding hydrogens is 116 g/mol. The lowest BCUT2D eigenvalue weighted by molar-refractivity contribution is 0.658. The van der Waals surface area contributed by atoms with E-state index in [0.717, 1.165) is 6.54 Å². The van der Waals surface area contributed by atoms with Gasteiger partial charge in [0.25, 0.3) is 5.56 Å². The van der Waals surface area contributed by atoms with Crippen LogP contribution in [0.2, 0.25) is 0 Å². The number of hydrogen-bond donors (Lipinski definition) is 0. The quantitative estimate of drug-likeness (QED) is 0.480. The molecule has 0 atom stereocenters. The molecule has 1 aliphatic rings. The van der Waals surface area contributed by atoms with Crippen molar-refractivity contribution in [3.05, 3.63) is 28.7 Å². The lowest BCUT2D eigenvalue weighted by Crippen LogP contribution is -2.12. The van der Waals surface area contributed by atoms with Gasteiger partial charge in [-0.15, -0.1) is 0 Å². The Kier molecular flexibility index (Phi) is 0.704. The van der Waals surface area contributed by atoms with Gasteiger partial charge in [-0.25, -0.2) is 4.68 Å². The molecule has 0 saturated heterocycles. The van der Waals surface area contributed by atoms with Crippen LogP contribution in [0.4, 0.5) is 0 Å². The van der Waals surface area contributed by atoms with E-state index in [1.54, 1.807) is 23.1 Å². The number of rotatable bonds is 0. The SMILES string of the molecule is O=c1ccn2n1C=CC2. The number of aromatic nitrogens is 2. The second-order valence-corrected chi connectivity index (χ2v) is 2.01. The van der Waals surface area contributed by atoms with E-state index in [0.29, 0.717) is 0 Å². The zero-order valence-electron chi connectivity index (χ0n) is 4.82. The maximum atomic E-state index is 10.8. The zero-order valence-corrected chi connectivity index (χ0v) is 4.82. The smallest absolute Gasteiger partial charge is 0.270 e. The van der Waals surface area contributed by atoms with Crippen LogP contribution in [0.25, 0.3) is 6.20 Å². The molecule has 0 bridgehead atoms. The van der Waals surface area contributed by atoms with Crippen molar-refractivity contribution in [3.8, 4) is 0 Å². The van der Waals surface area contributed by atoms with Gasteiger partial charge in [0.05, 0.1) is 6.54 Å². The molecule has 2 rings (SSSR count). The Morgan fingerprint density at radius 2 is 2.44 bits per heavy atom. The molecule has 0 aliphatic carbocycles. The molecule has 0 N–H and O–H groups in total. The minimum absolute atomic E-state index is 0.0451. The van der Waals surface area contributed by atoms with Gasteiger partial charge in [0.1, 0.15) is 0 Å². The van der Waals surface area contributed by atoms with Crippen LogP contribution < -0.4 is 5.56 Å². The molecule has 9 heavy (non-hydrogen) atoms. The standard InChI is InChI=1S/C6H6N2O/c9-6-2-5-7-3-1-4-8(6)7/h1-2,4-5H,3H2. The van der Waals surface area contributed by atoms with Crippen molar-refractivity contribution in [2.45, 2.75) is 6.54 Å². The molecule has 0 aromatic carbocycles. The summed E-state index contributed by atoms with van der Waals surface area (Å²) in [7, 11) is 0. The molecule has 0 saturated carbocycles. The van der Waals surface area contributed by atoms with Crippen LogP contribution in [0, 0.1) is 0 Å². The molecule has 0 radical (unpaired) electrons. The Labute approximate surface area is 51.8 Å². The third-order valence-electron chi connectivity index (χ3n) is 1.43. The summed E-state index contributed by atoms with van der Waals surface area (Å²) in [5.41, 5.74) is 0.0451. The number of fused-ring (bicyclic) bond motifs is 1. The highest BCUT2D eigenvalue weighted by atomic mass is 16.1. The molecule has 0 fully saturated rings. The van der Waals surface area contributed by atoms with Crippen molar-refractivity contribution in [2.75, 3.05) is 0 Å². The molecule has 2 heterocycles. The maximum Gasteiger partial charge on any atom is 0.270 e. The largest absolute Gasteiger partial charge is 0.282 e. The monoisotopic (exact) mass is 122 g/mol. The van der Waals surface area contributed by atoms with Gasteiger partial charge in [0, 0.05) is 18.5 Å². The summed E-state index contributed by atoms with van der Waals surface area (Å²) in [5.74, 6) is 0. The highest BCUT2D eigenvalue weighted by Crippen LogP contribution is 1.96. The second-order valence-electron chi connectivity index (χ2n) is 2.01. The molecule has 1 aliphatic heterocycles. The van der Waals surface area contributed by atoms with Crippen LogP contribution in [0.3, 0.4) is 0 Å². The second kappa shape index (κ2) is 1.37. The van der Waals surface area contributed by atoms with Gasteiger partial charge in [0.2, 0.25) is 0 Å². The number of nitrogens with zero attached hydrogens (tertiary/aromatic N) is 2. The highest BCUT2D eigenvalue weighted by Gasteiger charge is 2.01. The summed E-state index contributed by atoms with van der Waals surface area (Å²) in [6.07, 6.45) is 5.51. The van der Waals surface area contributed by atoms with Gasteiger partial charge in [-0.05, 0) is 6.08 Å². The van der Waals surface area contributed by atoms with E-state index < -0.39 is 0 Å². The topological polar surface area (TPSA) is 26.9 Å². The van der Waals surface area contributed by atoms with Crippen LogP contribution in [-0.2, 0) is 6.54 Å². The van der Waals surface area contributed by atoms with Gasteiger partial charge in [-0.3, -0.25) is 9.48 Å². The fourth-order valence-corrected chi connectivity index (χ4v) is 0.987. The molecule has 46 valence electrons. The first-order chi connectivity index (χ1) is 4.38. The predicted octanol–water partition coefficient (Wildman–Crippen LogP) is 0.134. The summed E-state index contributed by atoms with van der Waals surface area (Å²) in [5, 5.41) is 0. The molecule has 1 aromatic heterocycles. The van der Waals surface area contributed by atoms with E-state index in [1.165, 1.54) is 0 Å². The Balaban J connectivity index is 2.82. The van der Waals surface area contributed by atoms with Crippen LogP contribution in [-0.4, -0.2) is 9.36 Å². The van der Waals surface area contributed by atoms with E-state index in [2.05, 4.69) is 0 Å². The molecule has 0 spiro atoms. The number of allylic oxidation sites excluding steroid dienone is 1. The molecule has 0 amide bonds. The van der Waals surface area contributed by atoms with Gasteiger partial charge in [0.15, 0.2) is 0 Å². The third-order valence-corrected chi connectivity index (χ3v) is 1.43. The molecule has 1 aromatic rings. The molecule has 3 nitrogen and oxygen atoms in total. The Morgan fingerprint density at radius 3 is 3.22 bits per heavy atom. The van der Waals surface area contributed by atoms with Crippen molar-refractivity contribution in [2.24, 2.45) is 0 Å². The molecular formula is C6H6N2O. The van der Waals surface area contributed by atoms with Crippen molar-refractivity contribution in [1.29, 1.82) is 0 Å². The predicted molar refractivity (Wildman–Crippen MR) is 34.0 cm³/mol. The Morgan fingerprint density at radius 1 is 1.56 bits per heavy atom. The van der Waals surface area contributed by atoms with Gasteiger partial charge in [-0.2, -0.15) is 0 Å². The fraction of sp³-hybridized carbons (Fsp3) is 0.167. The summed E-state index contributed by atoms with van der Waals surface area (Å²) in [6, 6.07) is 1.56. The highest BCUT2D eigenvalue weighted by molar-refractivity contribution is 5.24. The minimum atomic E-state index is 0.0451. The lowest BCUT2D eigenvalue weighted by atomic mass is 10.6. The summed E-state index contributed by atoms with van der Waals surface area (Å²) in [4.78, 5) is 10.8. The average molecular weight is 122 g/mol. The summed E-state index contributed by atoms with van der Waals surface area (Å²) >= 11 is 0. The summed E-state index contributed by atoms with van der Waals surface area (Å²) in [6.45, 7) is 0.822. The van der Waals surface area contributed by atoms with Crippen LogP contribution in [0.15, 0.2) is 23.1 Å². The molecule has 3 heteroatoms. The van der Waals surface area contributed by atoms with Gasteiger partial charge in [-0.1, -0.05) is 0 Å². The minimum Gasteiger partial charge on any atom is -0.282 e. The van der Waals surface area contributed by atoms with E-state index in [1.807, 2.05) is 10.8 Å².